The average molecular weight is 407 g/mol. The number of carbonyl (C=O) groups excluding carboxylic acids is 1. The second kappa shape index (κ2) is 10.2. The van der Waals surface area contributed by atoms with Crippen LogP contribution < -0.4 is 24.3 Å². The van der Waals surface area contributed by atoms with E-state index in [0.29, 0.717) is 40.9 Å². The number of para-hydroxylation sites is 2. The molecule has 0 aromatic heterocycles. The number of methoxy groups -OCH3 is 2. The van der Waals surface area contributed by atoms with Crippen LogP contribution in [0.25, 0.3) is 0 Å². The smallest absolute Gasteiger partial charge is 0.255 e. The number of anilines is 1. The maximum absolute atomic E-state index is 12.8. The molecule has 0 spiro atoms. The van der Waals surface area contributed by atoms with E-state index >= 15 is 0 Å². The number of benzene rings is 3. The first kappa shape index (κ1) is 21.0. The molecule has 3 rings (SSSR count). The van der Waals surface area contributed by atoms with Crippen LogP contribution in [0.15, 0.2) is 66.7 Å². The second-order valence-electron chi connectivity index (χ2n) is 6.38. The van der Waals surface area contributed by atoms with Crippen molar-refractivity contribution in [3.63, 3.8) is 0 Å². The Morgan fingerprint density at radius 2 is 1.63 bits per heavy atom. The van der Waals surface area contributed by atoms with Crippen molar-refractivity contribution >= 4 is 11.6 Å². The molecule has 0 fully saturated rings. The van der Waals surface area contributed by atoms with Gasteiger partial charge in [0.1, 0.15) is 29.6 Å². The van der Waals surface area contributed by atoms with Crippen molar-refractivity contribution in [3.05, 3.63) is 77.9 Å². The Kier molecular flexibility index (Phi) is 7.16. The van der Waals surface area contributed by atoms with Gasteiger partial charge in [-0.25, -0.2) is 0 Å². The molecule has 0 radical (unpaired) electrons. The summed E-state index contributed by atoms with van der Waals surface area (Å²) < 4.78 is 22.1. The molecule has 0 aliphatic carbocycles. The molecule has 3 aromatic rings. The summed E-state index contributed by atoms with van der Waals surface area (Å²) in [6, 6.07) is 19.9. The number of hydrogen-bond donors (Lipinski definition) is 1. The Hall–Kier alpha value is -3.67. The summed E-state index contributed by atoms with van der Waals surface area (Å²) >= 11 is 0. The van der Waals surface area contributed by atoms with Crippen LogP contribution in [-0.2, 0) is 6.61 Å². The van der Waals surface area contributed by atoms with Gasteiger partial charge in [-0.1, -0.05) is 18.2 Å². The molecule has 0 atom stereocenters. The Bertz CT molecular complexity index is 1000. The average Bonchev–Trinajstić information content (AvgIpc) is 2.79. The van der Waals surface area contributed by atoms with Crippen molar-refractivity contribution in [1.29, 1.82) is 0 Å². The quantitative estimate of drug-likeness (QED) is 0.545. The number of rotatable bonds is 9. The van der Waals surface area contributed by atoms with Gasteiger partial charge in [-0.2, -0.15) is 0 Å². The number of nitrogens with one attached hydrogen (secondary N) is 1. The Balaban J connectivity index is 1.80. The molecule has 6 nitrogen and oxygen atoms in total. The zero-order chi connectivity index (χ0) is 21.3. The molecule has 0 bridgehead atoms. The highest BCUT2D eigenvalue weighted by Gasteiger charge is 2.13. The number of hydrogen-bond acceptors (Lipinski definition) is 5. The van der Waals surface area contributed by atoms with E-state index in [2.05, 4.69) is 5.32 Å². The lowest BCUT2D eigenvalue weighted by Gasteiger charge is -2.14. The van der Waals surface area contributed by atoms with Crippen molar-refractivity contribution in [1.82, 2.24) is 0 Å². The highest BCUT2D eigenvalue weighted by Crippen LogP contribution is 2.27. The van der Waals surface area contributed by atoms with Gasteiger partial charge in [-0.15, -0.1) is 0 Å². The monoisotopic (exact) mass is 407 g/mol. The summed E-state index contributed by atoms with van der Waals surface area (Å²) in [6.07, 6.45) is 0. The summed E-state index contributed by atoms with van der Waals surface area (Å²) in [4.78, 5) is 12.8. The van der Waals surface area contributed by atoms with E-state index in [0.717, 1.165) is 5.56 Å². The van der Waals surface area contributed by atoms with Crippen LogP contribution in [0.3, 0.4) is 0 Å². The normalized spacial score (nSPS) is 10.2. The molecule has 1 amide bonds. The van der Waals surface area contributed by atoms with E-state index in [1.165, 1.54) is 0 Å². The number of carbonyl (C=O) groups is 1. The predicted molar refractivity (Wildman–Crippen MR) is 116 cm³/mol. The van der Waals surface area contributed by atoms with Gasteiger partial charge in [-0.05, 0) is 49.4 Å². The van der Waals surface area contributed by atoms with Crippen molar-refractivity contribution < 1.29 is 23.7 Å². The van der Waals surface area contributed by atoms with Crippen LogP contribution >= 0.6 is 0 Å². The topological polar surface area (TPSA) is 66.0 Å². The maximum Gasteiger partial charge on any atom is 0.255 e. The molecule has 0 heterocycles. The number of ether oxygens (including phenoxy) is 4. The van der Waals surface area contributed by atoms with Gasteiger partial charge in [0.25, 0.3) is 5.91 Å². The number of amides is 1. The lowest BCUT2D eigenvalue weighted by molar-refractivity contribution is 0.102. The standard InChI is InChI=1S/C24H25NO5/c1-4-29-22-13-12-17(24(26)25-21-10-5-6-11-23(21)28-3)14-18(22)16-30-20-9-7-8-19(15-20)27-2/h5-15H,4,16H2,1-3H3,(H,25,26). The van der Waals surface area contributed by atoms with Gasteiger partial charge in [0.2, 0.25) is 0 Å². The first-order valence-corrected chi connectivity index (χ1v) is 9.61. The molecule has 30 heavy (non-hydrogen) atoms. The molecule has 0 aliphatic rings. The molecule has 0 saturated heterocycles. The zero-order valence-electron chi connectivity index (χ0n) is 17.3. The van der Waals surface area contributed by atoms with Crippen LogP contribution in [0.4, 0.5) is 5.69 Å². The van der Waals surface area contributed by atoms with Crippen LogP contribution in [-0.4, -0.2) is 26.7 Å². The lowest BCUT2D eigenvalue weighted by Crippen LogP contribution is -2.13. The van der Waals surface area contributed by atoms with Crippen molar-refractivity contribution in [2.45, 2.75) is 13.5 Å². The second-order valence-corrected chi connectivity index (χ2v) is 6.38. The predicted octanol–water partition coefficient (Wildman–Crippen LogP) is 4.93. The van der Waals surface area contributed by atoms with E-state index in [-0.39, 0.29) is 12.5 Å². The molecule has 3 aromatic carbocycles. The zero-order valence-corrected chi connectivity index (χ0v) is 17.3. The van der Waals surface area contributed by atoms with Gasteiger partial charge < -0.3 is 24.3 Å². The van der Waals surface area contributed by atoms with Gasteiger partial charge in [-0.3, -0.25) is 4.79 Å². The molecular formula is C24H25NO5. The largest absolute Gasteiger partial charge is 0.497 e. The minimum absolute atomic E-state index is 0.245. The van der Waals surface area contributed by atoms with Gasteiger partial charge in [0, 0.05) is 17.2 Å². The van der Waals surface area contributed by atoms with Gasteiger partial charge >= 0.3 is 0 Å². The molecule has 0 unspecified atom stereocenters. The fourth-order valence-corrected chi connectivity index (χ4v) is 2.92. The SMILES string of the molecule is CCOc1ccc(C(=O)Nc2ccccc2OC)cc1COc1cccc(OC)c1. The molecule has 0 saturated carbocycles. The van der Waals surface area contributed by atoms with Crippen LogP contribution in [0.1, 0.15) is 22.8 Å². The van der Waals surface area contributed by atoms with Crippen LogP contribution in [0, 0.1) is 0 Å². The molecule has 6 heteroatoms. The van der Waals surface area contributed by atoms with Crippen molar-refractivity contribution in [2.75, 3.05) is 26.1 Å². The maximum atomic E-state index is 12.8. The third-order valence-electron chi connectivity index (χ3n) is 4.41. The highest BCUT2D eigenvalue weighted by atomic mass is 16.5. The van der Waals surface area contributed by atoms with Crippen molar-refractivity contribution in [3.8, 4) is 23.0 Å². The van der Waals surface area contributed by atoms with E-state index in [4.69, 9.17) is 18.9 Å². The van der Waals surface area contributed by atoms with E-state index in [1.807, 2.05) is 37.3 Å². The highest BCUT2D eigenvalue weighted by molar-refractivity contribution is 6.05. The molecule has 0 aliphatic heterocycles. The minimum Gasteiger partial charge on any atom is -0.497 e. The summed E-state index contributed by atoms with van der Waals surface area (Å²) in [7, 11) is 3.17. The Morgan fingerprint density at radius 1 is 0.833 bits per heavy atom. The fraction of sp³-hybridized carbons (Fsp3) is 0.208. The van der Waals surface area contributed by atoms with Crippen LogP contribution in [0.2, 0.25) is 0 Å². The summed E-state index contributed by atoms with van der Waals surface area (Å²) in [5.41, 5.74) is 1.87. The minimum atomic E-state index is -0.245. The third-order valence-corrected chi connectivity index (χ3v) is 4.41. The van der Waals surface area contributed by atoms with E-state index in [1.54, 1.807) is 50.6 Å². The first-order chi connectivity index (χ1) is 14.6. The summed E-state index contributed by atoms with van der Waals surface area (Å²) in [5.74, 6) is 2.40. The van der Waals surface area contributed by atoms with E-state index < -0.39 is 0 Å². The van der Waals surface area contributed by atoms with Gasteiger partial charge in [0.15, 0.2) is 0 Å². The van der Waals surface area contributed by atoms with Crippen molar-refractivity contribution in [2.24, 2.45) is 0 Å². The lowest BCUT2D eigenvalue weighted by atomic mass is 10.1. The molecule has 1 N–H and O–H groups in total. The first-order valence-electron chi connectivity index (χ1n) is 9.61. The third kappa shape index (κ3) is 5.23. The Morgan fingerprint density at radius 3 is 2.40 bits per heavy atom. The summed E-state index contributed by atoms with van der Waals surface area (Å²) in [5, 5.41) is 2.88. The fourth-order valence-electron chi connectivity index (χ4n) is 2.92. The van der Waals surface area contributed by atoms with Crippen LogP contribution in [0.5, 0.6) is 23.0 Å². The summed E-state index contributed by atoms with van der Waals surface area (Å²) in [6.45, 7) is 2.67. The van der Waals surface area contributed by atoms with Gasteiger partial charge in [0.05, 0.1) is 26.5 Å². The molecular weight excluding hydrogens is 382 g/mol. The Labute approximate surface area is 176 Å². The van der Waals surface area contributed by atoms with E-state index in [9.17, 15) is 4.79 Å². The molecule has 156 valence electrons.